The first-order valence-electron chi connectivity index (χ1n) is 8.77. The molecule has 0 radical (unpaired) electrons. The summed E-state index contributed by atoms with van der Waals surface area (Å²) in [5.74, 6) is 0.530. The molecule has 1 amide bonds. The van der Waals surface area contributed by atoms with Gasteiger partial charge in [0.1, 0.15) is 5.82 Å². The molecule has 24 heavy (non-hydrogen) atoms. The maximum atomic E-state index is 13.2. The molecule has 2 N–H and O–H groups in total. The molecule has 1 aromatic carbocycles. The van der Waals surface area contributed by atoms with Crippen LogP contribution in [0.25, 0.3) is 0 Å². The fourth-order valence-electron chi connectivity index (χ4n) is 3.02. The number of rotatable bonds is 8. The predicted molar refractivity (Wildman–Crippen MR) is 90.1 cm³/mol. The van der Waals surface area contributed by atoms with Crippen LogP contribution in [-0.4, -0.2) is 56.7 Å². The second-order valence-corrected chi connectivity index (χ2v) is 6.59. The lowest BCUT2D eigenvalue weighted by molar-refractivity contribution is -0.120. The maximum absolute atomic E-state index is 13.2. The van der Waals surface area contributed by atoms with Gasteiger partial charge in [0.2, 0.25) is 5.91 Å². The second-order valence-electron chi connectivity index (χ2n) is 6.59. The molecular weight excluding hydrogens is 309 g/mol. The minimum absolute atomic E-state index is 0.0102. The average Bonchev–Trinajstić information content (AvgIpc) is 3.42. The molecule has 6 heteroatoms. The van der Waals surface area contributed by atoms with Gasteiger partial charge < -0.3 is 15.4 Å². The Morgan fingerprint density at radius 2 is 1.96 bits per heavy atom. The Hall–Kier alpha value is -1.50. The summed E-state index contributed by atoms with van der Waals surface area (Å²) in [6.45, 7) is 4.82. The molecular formula is C18H26FN3O2. The number of amides is 1. The summed E-state index contributed by atoms with van der Waals surface area (Å²) in [5, 5.41) is 6.21. The summed E-state index contributed by atoms with van der Waals surface area (Å²) >= 11 is 0. The molecule has 1 aromatic rings. The highest BCUT2D eigenvalue weighted by Crippen LogP contribution is 2.27. The van der Waals surface area contributed by atoms with Crippen molar-refractivity contribution < 1.29 is 13.9 Å². The standard InChI is InChI=1S/C18H26FN3O2/c19-16-5-3-15(4-6-16)17(22-7-9-24-10-8-22)12-21-18(23)13-20-11-14-1-2-14/h3-6,14,17,20H,1-2,7-13H2,(H,21,23). The van der Waals surface area contributed by atoms with Crippen LogP contribution in [0.4, 0.5) is 4.39 Å². The van der Waals surface area contributed by atoms with E-state index in [1.807, 2.05) is 0 Å². The van der Waals surface area contributed by atoms with Gasteiger partial charge in [0.25, 0.3) is 0 Å². The van der Waals surface area contributed by atoms with Crippen molar-refractivity contribution in [2.45, 2.75) is 18.9 Å². The Kier molecular flexibility index (Phi) is 6.18. The highest BCUT2D eigenvalue weighted by molar-refractivity contribution is 5.78. The van der Waals surface area contributed by atoms with Crippen LogP contribution in [0.2, 0.25) is 0 Å². The zero-order valence-corrected chi connectivity index (χ0v) is 14.0. The first-order valence-corrected chi connectivity index (χ1v) is 8.77. The summed E-state index contributed by atoms with van der Waals surface area (Å²) in [5.41, 5.74) is 1.02. The van der Waals surface area contributed by atoms with E-state index in [4.69, 9.17) is 4.74 Å². The Balaban J connectivity index is 1.54. The monoisotopic (exact) mass is 335 g/mol. The van der Waals surface area contributed by atoms with Crippen molar-refractivity contribution in [2.75, 3.05) is 45.9 Å². The first kappa shape index (κ1) is 17.3. The molecule has 5 nitrogen and oxygen atoms in total. The van der Waals surface area contributed by atoms with Gasteiger partial charge in [0.15, 0.2) is 0 Å². The molecule has 132 valence electrons. The fraction of sp³-hybridized carbons (Fsp3) is 0.611. The van der Waals surface area contributed by atoms with Gasteiger partial charge in [-0.25, -0.2) is 4.39 Å². The number of nitrogens with one attached hydrogen (secondary N) is 2. The number of halogens is 1. The Labute approximate surface area is 142 Å². The van der Waals surface area contributed by atoms with Crippen molar-refractivity contribution in [3.05, 3.63) is 35.6 Å². The van der Waals surface area contributed by atoms with Crippen molar-refractivity contribution in [1.29, 1.82) is 0 Å². The minimum atomic E-state index is -0.243. The lowest BCUT2D eigenvalue weighted by atomic mass is 10.0. The van der Waals surface area contributed by atoms with Crippen molar-refractivity contribution in [3.63, 3.8) is 0 Å². The van der Waals surface area contributed by atoms with Crippen LogP contribution in [0.15, 0.2) is 24.3 Å². The van der Waals surface area contributed by atoms with E-state index in [0.29, 0.717) is 26.3 Å². The van der Waals surface area contributed by atoms with Crippen LogP contribution in [-0.2, 0) is 9.53 Å². The van der Waals surface area contributed by atoms with Gasteiger partial charge >= 0.3 is 0 Å². The van der Waals surface area contributed by atoms with Crippen LogP contribution in [0.5, 0.6) is 0 Å². The first-order chi connectivity index (χ1) is 11.7. The topological polar surface area (TPSA) is 53.6 Å². The molecule has 2 fully saturated rings. The number of ether oxygens (including phenoxy) is 1. The third kappa shape index (κ3) is 5.26. The van der Waals surface area contributed by atoms with Gasteiger partial charge in [-0.3, -0.25) is 9.69 Å². The van der Waals surface area contributed by atoms with Crippen molar-refractivity contribution in [1.82, 2.24) is 15.5 Å². The summed E-state index contributed by atoms with van der Waals surface area (Å²) in [6, 6.07) is 6.59. The number of benzene rings is 1. The summed E-state index contributed by atoms with van der Waals surface area (Å²) in [4.78, 5) is 14.3. The molecule has 0 aromatic heterocycles. The second kappa shape index (κ2) is 8.55. The summed E-state index contributed by atoms with van der Waals surface area (Å²) in [6.07, 6.45) is 2.55. The summed E-state index contributed by atoms with van der Waals surface area (Å²) in [7, 11) is 0. The third-order valence-corrected chi connectivity index (χ3v) is 4.65. The zero-order valence-electron chi connectivity index (χ0n) is 14.0. The molecule has 1 unspecified atom stereocenters. The van der Waals surface area contributed by atoms with E-state index in [9.17, 15) is 9.18 Å². The molecule has 1 aliphatic carbocycles. The van der Waals surface area contributed by atoms with Crippen molar-refractivity contribution >= 4 is 5.91 Å². The Morgan fingerprint density at radius 3 is 2.62 bits per heavy atom. The van der Waals surface area contributed by atoms with E-state index in [1.165, 1.54) is 25.0 Å². The van der Waals surface area contributed by atoms with E-state index < -0.39 is 0 Å². The van der Waals surface area contributed by atoms with Crippen molar-refractivity contribution in [3.8, 4) is 0 Å². The van der Waals surface area contributed by atoms with Crippen LogP contribution in [0, 0.1) is 11.7 Å². The van der Waals surface area contributed by atoms with Crippen LogP contribution in [0.1, 0.15) is 24.4 Å². The molecule has 1 saturated carbocycles. The Morgan fingerprint density at radius 1 is 1.25 bits per heavy atom. The third-order valence-electron chi connectivity index (χ3n) is 4.65. The van der Waals surface area contributed by atoms with Crippen LogP contribution >= 0.6 is 0 Å². The zero-order chi connectivity index (χ0) is 16.8. The van der Waals surface area contributed by atoms with Gasteiger partial charge in [0.05, 0.1) is 25.8 Å². The molecule has 0 bridgehead atoms. The van der Waals surface area contributed by atoms with E-state index in [1.54, 1.807) is 12.1 Å². The summed E-state index contributed by atoms with van der Waals surface area (Å²) < 4.78 is 18.6. The van der Waals surface area contributed by atoms with E-state index in [2.05, 4.69) is 15.5 Å². The number of morpholine rings is 1. The average molecular weight is 335 g/mol. The molecule has 2 aliphatic rings. The highest BCUT2D eigenvalue weighted by Gasteiger charge is 2.24. The van der Waals surface area contributed by atoms with Gasteiger partial charge in [-0.15, -0.1) is 0 Å². The number of carbonyl (C=O) groups is 1. The maximum Gasteiger partial charge on any atom is 0.234 e. The molecule has 0 spiro atoms. The van der Waals surface area contributed by atoms with Crippen LogP contribution < -0.4 is 10.6 Å². The predicted octanol–water partition coefficient (Wildman–Crippen LogP) is 1.31. The van der Waals surface area contributed by atoms with E-state index >= 15 is 0 Å². The molecule has 1 atom stereocenters. The number of hydrogen-bond acceptors (Lipinski definition) is 4. The number of carbonyl (C=O) groups excluding carboxylic acids is 1. The molecule has 1 aliphatic heterocycles. The molecule has 3 rings (SSSR count). The van der Waals surface area contributed by atoms with Gasteiger partial charge in [-0.05, 0) is 43.0 Å². The number of hydrogen-bond donors (Lipinski definition) is 2. The van der Waals surface area contributed by atoms with Crippen LogP contribution in [0.3, 0.4) is 0 Å². The minimum Gasteiger partial charge on any atom is -0.379 e. The Bertz CT molecular complexity index is 528. The highest BCUT2D eigenvalue weighted by atomic mass is 19.1. The fourth-order valence-corrected chi connectivity index (χ4v) is 3.02. The van der Waals surface area contributed by atoms with E-state index in [-0.39, 0.29) is 17.8 Å². The van der Waals surface area contributed by atoms with Crippen molar-refractivity contribution in [2.24, 2.45) is 5.92 Å². The lowest BCUT2D eigenvalue weighted by Gasteiger charge is -2.35. The quantitative estimate of drug-likeness (QED) is 0.752. The SMILES string of the molecule is O=C(CNCC1CC1)NCC(c1ccc(F)cc1)N1CCOCC1. The van der Waals surface area contributed by atoms with Gasteiger partial charge in [-0.1, -0.05) is 12.1 Å². The lowest BCUT2D eigenvalue weighted by Crippen LogP contribution is -2.45. The normalized spacial score (nSPS) is 19.9. The van der Waals surface area contributed by atoms with Gasteiger partial charge in [-0.2, -0.15) is 0 Å². The largest absolute Gasteiger partial charge is 0.379 e. The number of nitrogens with zero attached hydrogens (tertiary/aromatic N) is 1. The smallest absolute Gasteiger partial charge is 0.234 e. The van der Waals surface area contributed by atoms with Gasteiger partial charge in [0, 0.05) is 19.6 Å². The van der Waals surface area contributed by atoms with E-state index in [0.717, 1.165) is 31.1 Å². The molecule has 1 heterocycles. The molecule has 1 saturated heterocycles.